The molecule has 1 aliphatic heterocycles. The molecule has 3 aromatic rings. The minimum atomic E-state index is -0.367. The van der Waals surface area contributed by atoms with E-state index in [1.54, 1.807) is 24.3 Å². The molecule has 0 bridgehead atoms. The van der Waals surface area contributed by atoms with E-state index in [1.807, 2.05) is 0 Å². The number of Topliss-reactive ketones (excluding diaryl/α,β-unsaturated/α-hetero) is 1. The van der Waals surface area contributed by atoms with Gasteiger partial charge in [0.2, 0.25) is 5.91 Å². The lowest BCUT2D eigenvalue weighted by molar-refractivity contribution is -0.116. The Hall–Kier alpha value is -3.07. The van der Waals surface area contributed by atoms with Crippen LogP contribution in [0.25, 0.3) is 10.3 Å². The maximum atomic E-state index is 12.9. The molecule has 30 heavy (non-hydrogen) atoms. The Morgan fingerprint density at radius 2 is 2.17 bits per heavy atom. The van der Waals surface area contributed by atoms with Crippen LogP contribution in [0.1, 0.15) is 37.0 Å². The molecule has 9 heteroatoms. The summed E-state index contributed by atoms with van der Waals surface area (Å²) in [6.45, 7) is 5.38. The maximum Gasteiger partial charge on any atom is 0.273 e. The van der Waals surface area contributed by atoms with E-state index in [2.05, 4.69) is 27.1 Å². The van der Waals surface area contributed by atoms with Crippen LogP contribution in [-0.4, -0.2) is 39.3 Å². The number of carbonyl (C=O) groups is 2. The molecular formula is C21H23N5O3S. The van der Waals surface area contributed by atoms with Crippen molar-refractivity contribution in [3.05, 3.63) is 46.5 Å². The molecule has 2 aromatic heterocycles. The molecule has 156 valence electrons. The number of carbonyl (C=O) groups excluding carboxylic acids is 2. The van der Waals surface area contributed by atoms with Crippen molar-refractivity contribution in [3.63, 3.8) is 0 Å². The van der Waals surface area contributed by atoms with Gasteiger partial charge in [0, 0.05) is 24.3 Å². The van der Waals surface area contributed by atoms with Crippen molar-refractivity contribution in [3.8, 4) is 0 Å². The van der Waals surface area contributed by atoms with E-state index in [-0.39, 0.29) is 23.8 Å². The van der Waals surface area contributed by atoms with Crippen LogP contribution >= 0.6 is 11.3 Å². The van der Waals surface area contributed by atoms with Gasteiger partial charge in [0.05, 0.1) is 0 Å². The Labute approximate surface area is 177 Å². The topological polar surface area (TPSA) is 97.2 Å². The fourth-order valence-corrected chi connectivity index (χ4v) is 4.62. The number of hydrogen-bond donors (Lipinski definition) is 1. The highest BCUT2D eigenvalue weighted by molar-refractivity contribution is 7.22. The molecule has 4 rings (SSSR count). The molecule has 1 atom stereocenters. The van der Waals surface area contributed by atoms with E-state index < -0.39 is 0 Å². The number of rotatable bonds is 5. The number of ketones is 1. The third kappa shape index (κ3) is 4.25. The lowest BCUT2D eigenvalue weighted by Crippen LogP contribution is -2.34. The second kappa shape index (κ2) is 8.35. The smallest absolute Gasteiger partial charge is 0.273 e. The molecule has 1 aromatic carbocycles. The van der Waals surface area contributed by atoms with Crippen molar-refractivity contribution in [1.29, 1.82) is 0 Å². The van der Waals surface area contributed by atoms with E-state index in [4.69, 9.17) is 0 Å². The first kappa shape index (κ1) is 20.2. The molecule has 8 nitrogen and oxygen atoms in total. The van der Waals surface area contributed by atoms with Gasteiger partial charge in [-0.1, -0.05) is 30.4 Å². The molecule has 1 N–H and O–H groups in total. The number of nitrogens with one attached hydrogen (secondary N) is 1. The number of fused-ring (bicyclic) bond motifs is 1. The number of hydrogen-bond acceptors (Lipinski definition) is 7. The predicted octanol–water partition coefficient (Wildman–Crippen LogP) is 2.93. The fourth-order valence-electron chi connectivity index (χ4n) is 3.62. The maximum absolute atomic E-state index is 12.9. The molecule has 1 fully saturated rings. The summed E-state index contributed by atoms with van der Waals surface area (Å²) in [7, 11) is 0. The van der Waals surface area contributed by atoms with E-state index >= 15 is 0 Å². The lowest BCUT2D eigenvalue weighted by atomic mass is 10.0. The van der Waals surface area contributed by atoms with E-state index in [1.165, 1.54) is 35.6 Å². The zero-order chi connectivity index (χ0) is 21.3. The predicted molar refractivity (Wildman–Crippen MR) is 117 cm³/mol. The van der Waals surface area contributed by atoms with Crippen molar-refractivity contribution < 1.29 is 9.59 Å². The Morgan fingerprint density at radius 3 is 2.93 bits per heavy atom. The van der Waals surface area contributed by atoms with Gasteiger partial charge in [-0.05, 0) is 37.8 Å². The van der Waals surface area contributed by atoms with Crippen molar-refractivity contribution >= 4 is 44.2 Å². The first-order chi connectivity index (χ1) is 14.4. The van der Waals surface area contributed by atoms with Gasteiger partial charge in [-0.15, -0.1) is 0 Å². The van der Waals surface area contributed by atoms with Gasteiger partial charge in [0.1, 0.15) is 17.6 Å². The van der Waals surface area contributed by atoms with Crippen molar-refractivity contribution in [2.24, 2.45) is 5.92 Å². The highest BCUT2D eigenvalue weighted by Gasteiger charge is 2.21. The SMILES string of the molecule is CC(=O)c1cccc(NC(=O)Cn2cnc3nc(N4CCCC(C)C4)sc3c2=O)c1. The summed E-state index contributed by atoms with van der Waals surface area (Å²) in [5.74, 6) is 0.148. The first-order valence-electron chi connectivity index (χ1n) is 9.92. The van der Waals surface area contributed by atoms with Crippen LogP contribution < -0.4 is 15.8 Å². The van der Waals surface area contributed by atoms with Gasteiger partial charge < -0.3 is 10.2 Å². The molecule has 1 unspecified atom stereocenters. The quantitative estimate of drug-likeness (QED) is 0.632. The second-order valence-electron chi connectivity index (χ2n) is 7.71. The fraction of sp³-hybridized carbons (Fsp3) is 0.381. The number of benzene rings is 1. The Bertz CT molecular complexity index is 1170. The molecule has 3 heterocycles. The summed E-state index contributed by atoms with van der Waals surface area (Å²) in [6.07, 6.45) is 3.68. The van der Waals surface area contributed by atoms with Crippen LogP contribution in [0.3, 0.4) is 0 Å². The molecule has 0 radical (unpaired) electrons. The normalized spacial score (nSPS) is 16.6. The number of aromatic nitrogens is 3. The third-order valence-electron chi connectivity index (χ3n) is 5.17. The number of amides is 1. The van der Waals surface area contributed by atoms with Gasteiger partial charge >= 0.3 is 0 Å². The van der Waals surface area contributed by atoms with Gasteiger partial charge in [-0.25, -0.2) is 4.98 Å². The summed E-state index contributed by atoms with van der Waals surface area (Å²) in [4.78, 5) is 47.8. The molecule has 1 saturated heterocycles. The van der Waals surface area contributed by atoms with Gasteiger partial charge in [0.25, 0.3) is 5.56 Å². The second-order valence-corrected chi connectivity index (χ2v) is 8.68. The van der Waals surface area contributed by atoms with Crippen molar-refractivity contribution in [2.75, 3.05) is 23.3 Å². The summed E-state index contributed by atoms with van der Waals surface area (Å²) in [6, 6.07) is 6.69. The number of anilines is 2. The van der Waals surface area contributed by atoms with Gasteiger partial charge in [-0.3, -0.25) is 19.0 Å². The minimum absolute atomic E-state index is 0.0823. The van der Waals surface area contributed by atoms with Crippen molar-refractivity contribution in [2.45, 2.75) is 33.2 Å². The van der Waals surface area contributed by atoms with E-state index in [0.29, 0.717) is 27.5 Å². The van der Waals surface area contributed by atoms with E-state index in [9.17, 15) is 14.4 Å². The molecule has 0 saturated carbocycles. The van der Waals surface area contributed by atoms with Crippen molar-refractivity contribution in [1.82, 2.24) is 14.5 Å². The molecular weight excluding hydrogens is 402 g/mol. The van der Waals surface area contributed by atoms with Crippen LogP contribution in [0.5, 0.6) is 0 Å². The average Bonchev–Trinajstić information content (AvgIpc) is 3.15. The third-order valence-corrected chi connectivity index (χ3v) is 6.26. The highest BCUT2D eigenvalue weighted by atomic mass is 32.1. The van der Waals surface area contributed by atoms with Crippen LogP contribution in [0.15, 0.2) is 35.4 Å². The molecule has 1 amide bonds. The standard InChI is InChI=1S/C21H23N5O3S/c1-13-5-4-8-25(10-13)21-24-19-18(30-21)20(29)26(12-22-19)11-17(28)23-16-7-3-6-15(9-16)14(2)27/h3,6-7,9,12-13H,4-5,8,10-11H2,1-2H3,(H,23,28). The van der Waals surface area contributed by atoms with Gasteiger partial charge in [0.15, 0.2) is 16.6 Å². The van der Waals surface area contributed by atoms with Crippen LogP contribution in [-0.2, 0) is 11.3 Å². The van der Waals surface area contributed by atoms with Gasteiger partial charge in [-0.2, -0.15) is 4.98 Å². The van der Waals surface area contributed by atoms with Crippen LogP contribution in [0, 0.1) is 5.92 Å². The Kier molecular flexibility index (Phi) is 5.63. The lowest BCUT2D eigenvalue weighted by Gasteiger charge is -2.30. The first-order valence-corrected chi connectivity index (χ1v) is 10.7. The van der Waals surface area contributed by atoms with E-state index in [0.717, 1.165) is 24.6 Å². The summed E-state index contributed by atoms with van der Waals surface area (Å²) in [5.41, 5.74) is 1.16. The number of piperidine rings is 1. The largest absolute Gasteiger partial charge is 0.348 e. The molecule has 1 aliphatic rings. The zero-order valence-electron chi connectivity index (χ0n) is 16.9. The summed E-state index contributed by atoms with van der Waals surface area (Å²) in [5, 5.41) is 3.53. The monoisotopic (exact) mass is 425 g/mol. The summed E-state index contributed by atoms with van der Waals surface area (Å²) >= 11 is 1.33. The molecule has 0 spiro atoms. The number of thiazole rings is 1. The zero-order valence-corrected chi connectivity index (χ0v) is 17.7. The Morgan fingerprint density at radius 1 is 1.33 bits per heavy atom. The average molecular weight is 426 g/mol. The summed E-state index contributed by atoms with van der Waals surface area (Å²) < 4.78 is 1.74. The molecule has 0 aliphatic carbocycles. The minimum Gasteiger partial charge on any atom is -0.348 e. The Balaban J connectivity index is 1.52. The number of nitrogens with zero attached hydrogens (tertiary/aromatic N) is 4. The van der Waals surface area contributed by atoms with Crippen LogP contribution in [0.2, 0.25) is 0 Å². The highest BCUT2D eigenvalue weighted by Crippen LogP contribution is 2.29. The van der Waals surface area contributed by atoms with Crippen LogP contribution in [0.4, 0.5) is 10.8 Å².